The summed E-state index contributed by atoms with van der Waals surface area (Å²) in [4.78, 5) is 17.2. The lowest BCUT2D eigenvalue weighted by Gasteiger charge is -2.36. The van der Waals surface area contributed by atoms with Crippen LogP contribution in [0.15, 0.2) is 16.7 Å². The molecule has 3 nitrogen and oxygen atoms in total. The number of nitrogens with zero attached hydrogens (tertiary/aromatic N) is 1. The van der Waals surface area contributed by atoms with Crippen LogP contribution in [0.25, 0.3) is 0 Å². The van der Waals surface area contributed by atoms with Crippen molar-refractivity contribution in [3.63, 3.8) is 0 Å². The Balaban J connectivity index is 2.08. The van der Waals surface area contributed by atoms with E-state index in [2.05, 4.69) is 27.8 Å². The third kappa shape index (κ3) is 2.73. The molecule has 2 atom stereocenters. The number of rotatable bonds is 2. The molecule has 1 aromatic heterocycles. The number of H-pyrrole nitrogens is 1. The number of aromatic nitrogens is 1. The fraction of sp³-hybridized carbons (Fsp3) is 0.615. The molecule has 0 bridgehead atoms. The molecule has 17 heavy (non-hydrogen) atoms. The van der Waals surface area contributed by atoms with Gasteiger partial charge in [-0.15, -0.1) is 0 Å². The van der Waals surface area contributed by atoms with Crippen LogP contribution in [0.4, 0.5) is 0 Å². The van der Waals surface area contributed by atoms with Crippen LogP contribution in [0.5, 0.6) is 0 Å². The minimum atomic E-state index is 0.0921. The van der Waals surface area contributed by atoms with Crippen LogP contribution in [-0.2, 0) is 0 Å². The van der Waals surface area contributed by atoms with E-state index < -0.39 is 0 Å². The molecule has 4 heteroatoms. The molecule has 1 saturated carbocycles. The molecule has 1 aliphatic carbocycles. The topological polar surface area (TPSA) is 36.1 Å². The van der Waals surface area contributed by atoms with Gasteiger partial charge in [-0.2, -0.15) is 0 Å². The van der Waals surface area contributed by atoms with E-state index in [1.807, 2.05) is 18.0 Å². The van der Waals surface area contributed by atoms with Gasteiger partial charge in [-0.1, -0.05) is 19.8 Å². The summed E-state index contributed by atoms with van der Waals surface area (Å²) in [6.45, 7) is 2.25. The van der Waals surface area contributed by atoms with Gasteiger partial charge >= 0.3 is 0 Å². The molecule has 2 rings (SSSR count). The van der Waals surface area contributed by atoms with Crippen LogP contribution in [0.1, 0.15) is 43.1 Å². The Morgan fingerprint density at radius 3 is 2.76 bits per heavy atom. The van der Waals surface area contributed by atoms with Crippen molar-refractivity contribution in [2.45, 2.75) is 38.6 Å². The predicted molar refractivity (Wildman–Crippen MR) is 72.0 cm³/mol. The van der Waals surface area contributed by atoms with E-state index in [-0.39, 0.29) is 5.91 Å². The second-order valence-corrected chi connectivity index (χ2v) is 5.89. The number of hydrogen-bond acceptors (Lipinski definition) is 1. The summed E-state index contributed by atoms with van der Waals surface area (Å²) < 4.78 is 0.922. The molecule has 0 aliphatic heterocycles. The molecular formula is C13H19BrN2O. The molecular weight excluding hydrogens is 280 g/mol. The zero-order chi connectivity index (χ0) is 12.4. The van der Waals surface area contributed by atoms with E-state index in [4.69, 9.17) is 0 Å². The van der Waals surface area contributed by atoms with Crippen molar-refractivity contribution in [3.8, 4) is 0 Å². The first-order chi connectivity index (χ1) is 8.09. The number of carbonyl (C=O) groups is 1. The molecule has 1 aromatic rings. The predicted octanol–water partition coefficient (Wildman–Crippen LogP) is 3.43. The normalized spacial score (nSPS) is 24.6. The maximum Gasteiger partial charge on any atom is 0.270 e. The van der Waals surface area contributed by atoms with E-state index in [0.29, 0.717) is 17.7 Å². The van der Waals surface area contributed by atoms with Crippen molar-refractivity contribution < 1.29 is 4.79 Å². The van der Waals surface area contributed by atoms with E-state index in [1.54, 1.807) is 6.20 Å². The average molecular weight is 299 g/mol. The van der Waals surface area contributed by atoms with Crippen LogP contribution in [0, 0.1) is 5.92 Å². The standard InChI is InChI=1S/C13H19BrN2O/c1-9-5-3-4-6-12(9)16(2)13(17)11-7-10(14)8-15-11/h7-9,12,15H,3-6H2,1-2H3. The van der Waals surface area contributed by atoms with Crippen molar-refractivity contribution >= 4 is 21.8 Å². The minimum Gasteiger partial charge on any atom is -0.356 e. The molecule has 0 radical (unpaired) electrons. The summed E-state index contributed by atoms with van der Waals surface area (Å²) in [7, 11) is 1.92. The van der Waals surface area contributed by atoms with Crippen molar-refractivity contribution in [1.82, 2.24) is 9.88 Å². The Morgan fingerprint density at radius 1 is 1.47 bits per heavy atom. The van der Waals surface area contributed by atoms with Crippen molar-refractivity contribution in [2.24, 2.45) is 5.92 Å². The lowest BCUT2D eigenvalue weighted by atomic mass is 9.85. The second kappa shape index (κ2) is 5.25. The van der Waals surface area contributed by atoms with Gasteiger partial charge in [0.05, 0.1) is 0 Å². The Hall–Kier alpha value is -0.770. The lowest BCUT2D eigenvalue weighted by Crippen LogP contribution is -2.42. The quantitative estimate of drug-likeness (QED) is 0.892. The summed E-state index contributed by atoms with van der Waals surface area (Å²) in [5, 5.41) is 0. The van der Waals surface area contributed by atoms with Crippen LogP contribution in [0.3, 0.4) is 0 Å². The van der Waals surface area contributed by atoms with Crippen molar-refractivity contribution in [1.29, 1.82) is 0 Å². The molecule has 1 amide bonds. The number of nitrogens with one attached hydrogen (secondary N) is 1. The molecule has 0 spiro atoms. The zero-order valence-corrected chi connectivity index (χ0v) is 12.0. The molecule has 1 N–H and O–H groups in total. The van der Waals surface area contributed by atoms with Crippen LogP contribution in [0.2, 0.25) is 0 Å². The number of halogens is 1. The molecule has 1 aliphatic rings. The molecule has 1 heterocycles. The highest BCUT2D eigenvalue weighted by Crippen LogP contribution is 2.28. The van der Waals surface area contributed by atoms with E-state index in [9.17, 15) is 4.79 Å². The highest BCUT2D eigenvalue weighted by molar-refractivity contribution is 9.10. The van der Waals surface area contributed by atoms with E-state index in [1.165, 1.54) is 19.3 Å². The number of hydrogen-bond donors (Lipinski definition) is 1. The molecule has 0 saturated heterocycles. The van der Waals surface area contributed by atoms with Gasteiger partial charge in [0.1, 0.15) is 5.69 Å². The monoisotopic (exact) mass is 298 g/mol. The zero-order valence-electron chi connectivity index (χ0n) is 10.4. The third-order valence-electron chi connectivity index (χ3n) is 3.76. The van der Waals surface area contributed by atoms with Gasteiger partial charge in [0, 0.05) is 23.8 Å². The van der Waals surface area contributed by atoms with Gasteiger partial charge in [0.15, 0.2) is 0 Å². The molecule has 1 fully saturated rings. The maximum atomic E-state index is 12.3. The van der Waals surface area contributed by atoms with Gasteiger partial charge in [-0.3, -0.25) is 4.79 Å². The smallest absolute Gasteiger partial charge is 0.270 e. The maximum absolute atomic E-state index is 12.3. The van der Waals surface area contributed by atoms with Gasteiger partial charge < -0.3 is 9.88 Å². The first-order valence-electron chi connectivity index (χ1n) is 6.20. The second-order valence-electron chi connectivity index (χ2n) is 4.98. The van der Waals surface area contributed by atoms with Crippen molar-refractivity contribution in [3.05, 3.63) is 22.4 Å². The van der Waals surface area contributed by atoms with Crippen LogP contribution < -0.4 is 0 Å². The van der Waals surface area contributed by atoms with E-state index >= 15 is 0 Å². The highest BCUT2D eigenvalue weighted by Gasteiger charge is 2.28. The van der Waals surface area contributed by atoms with Crippen molar-refractivity contribution in [2.75, 3.05) is 7.05 Å². The van der Waals surface area contributed by atoms with Gasteiger partial charge in [0.2, 0.25) is 0 Å². The average Bonchev–Trinajstić information content (AvgIpc) is 2.75. The van der Waals surface area contributed by atoms with Crippen LogP contribution in [-0.4, -0.2) is 28.9 Å². The summed E-state index contributed by atoms with van der Waals surface area (Å²) in [5.74, 6) is 0.700. The minimum absolute atomic E-state index is 0.0921. The Morgan fingerprint density at radius 2 is 2.18 bits per heavy atom. The molecule has 2 unspecified atom stereocenters. The van der Waals surface area contributed by atoms with Crippen LogP contribution >= 0.6 is 15.9 Å². The number of aromatic amines is 1. The lowest BCUT2D eigenvalue weighted by molar-refractivity contribution is 0.0624. The Bertz CT molecular complexity index is 402. The van der Waals surface area contributed by atoms with E-state index in [0.717, 1.165) is 10.9 Å². The number of carbonyl (C=O) groups excluding carboxylic acids is 1. The SMILES string of the molecule is CC1CCCCC1N(C)C(=O)c1cc(Br)c[nH]1. The fourth-order valence-corrected chi connectivity index (χ4v) is 3.05. The number of amides is 1. The highest BCUT2D eigenvalue weighted by atomic mass is 79.9. The molecule has 94 valence electrons. The first-order valence-corrected chi connectivity index (χ1v) is 7.00. The van der Waals surface area contributed by atoms with Gasteiger partial charge in [-0.05, 0) is 40.8 Å². The first kappa shape index (κ1) is 12.7. The Kier molecular flexibility index (Phi) is 3.92. The van der Waals surface area contributed by atoms with Gasteiger partial charge in [0.25, 0.3) is 5.91 Å². The largest absolute Gasteiger partial charge is 0.356 e. The third-order valence-corrected chi connectivity index (χ3v) is 4.22. The summed E-state index contributed by atoms with van der Waals surface area (Å²) in [6, 6.07) is 2.23. The summed E-state index contributed by atoms with van der Waals surface area (Å²) in [5.41, 5.74) is 0.664. The summed E-state index contributed by atoms with van der Waals surface area (Å²) >= 11 is 3.36. The Labute approximate surface area is 111 Å². The molecule has 0 aromatic carbocycles. The fourth-order valence-electron chi connectivity index (χ4n) is 2.70. The summed E-state index contributed by atoms with van der Waals surface area (Å²) in [6.07, 6.45) is 6.70. The van der Waals surface area contributed by atoms with Gasteiger partial charge in [-0.25, -0.2) is 0 Å².